The van der Waals surface area contributed by atoms with Gasteiger partial charge in [0.25, 0.3) is 0 Å². The molecule has 3 rings (SSSR count). The molecular weight excluding hydrogens is 182 g/mol. The number of hydrogen-bond acceptors (Lipinski definition) is 5. The number of hydrogen-bond donors (Lipinski definition) is 1. The summed E-state index contributed by atoms with van der Waals surface area (Å²) in [6, 6.07) is 0. The number of rotatable bonds is 2. The van der Waals surface area contributed by atoms with Crippen LogP contribution in [0.4, 0.5) is 0 Å². The summed E-state index contributed by atoms with van der Waals surface area (Å²) >= 11 is 0. The fraction of sp³-hybridized carbons (Fsp3) is 0.778. The second kappa shape index (κ2) is 3.33. The number of aromatic nitrogens is 2. The van der Waals surface area contributed by atoms with E-state index in [0.29, 0.717) is 18.4 Å². The lowest BCUT2D eigenvalue weighted by Crippen LogP contribution is -2.33. The van der Waals surface area contributed by atoms with Crippen LogP contribution in [0, 0.1) is 0 Å². The molecule has 14 heavy (non-hydrogen) atoms. The molecule has 5 heteroatoms. The number of morpholine rings is 1. The molecule has 76 valence electrons. The Bertz CT molecular complexity index is 316. The molecule has 1 aromatic rings. The highest BCUT2D eigenvalue weighted by Gasteiger charge is 2.31. The lowest BCUT2D eigenvalue weighted by Gasteiger charge is -2.20. The van der Waals surface area contributed by atoms with Crippen LogP contribution >= 0.6 is 0 Å². The molecule has 1 aliphatic heterocycles. The maximum absolute atomic E-state index is 5.56. The van der Waals surface area contributed by atoms with Gasteiger partial charge in [0, 0.05) is 19.0 Å². The predicted molar refractivity (Wildman–Crippen MR) is 47.8 cm³/mol. The third-order valence-corrected chi connectivity index (χ3v) is 2.59. The average molecular weight is 195 g/mol. The number of ether oxygens (including phenoxy) is 1. The van der Waals surface area contributed by atoms with Crippen molar-refractivity contribution >= 4 is 0 Å². The highest BCUT2D eigenvalue weighted by Crippen LogP contribution is 2.39. The number of nitrogens with one attached hydrogen (secondary N) is 1. The van der Waals surface area contributed by atoms with Crippen molar-refractivity contribution in [3.63, 3.8) is 0 Å². The van der Waals surface area contributed by atoms with Gasteiger partial charge in [-0.3, -0.25) is 0 Å². The van der Waals surface area contributed by atoms with Crippen molar-refractivity contribution in [1.29, 1.82) is 0 Å². The Hall–Kier alpha value is -0.940. The Morgan fingerprint density at radius 3 is 2.79 bits per heavy atom. The van der Waals surface area contributed by atoms with Crippen molar-refractivity contribution in [2.24, 2.45) is 0 Å². The average Bonchev–Trinajstić information content (AvgIpc) is 2.98. The van der Waals surface area contributed by atoms with E-state index in [4.69, 9.17) is 9.15 Å². The van der Waals surface area contributed by atoms with Crippen molar-refractivity contribution < 1.29 is 9.15 Å². The summed E-state index contributed by atoms with van der Waals surface area (Å²) in [6.07, 6.45) is 2.32. The summed E-state index contributed by atoms with van der Waals surface area (Å²) < 4.78 is 11.1. The van der Waals surface area contributed by atoms with E-state index in [0.717, 1.165) is 19.0 Å². The fourth-order valence-corrected chi connectivity index (χ4v) is 1.60. The molecule has 0 amide bonds. The molecule has 0 aromatic carbocycles. The molecule has 0 radical (unpaired) electrons. The normalized spacial score (nSPS) is 27.9. The summed E-state index contributed by atoms with van der Waals surface area (Å²) in [5.74, 6) is 1.93. The standard InChI is InChI=1S/C9H13N3O2/c1-2-6(1)8-11-12-9(14-8)7-5-10-3-4-13-7/h6-7,10H,1-5H2/t7-/m1/s1. The van der Waals surface area contributed by atoms with Crippen molar-refractivity contribution in [2.75, 3.05) is 19.7 Å². The Morgan fingerprint density at radius 2 is 2.07 bits per heavy atom. The lowest BCUT2D eigenvalue weighted by molar-refractivity contribution is 0.0102. The SMILES string of the molecule is C1CO[C@@H](c2nnc(C3CC3)o2)CN1. The molecule has 1 N–H and O–H groups in total. The van der Waals surface area contributed by atoms with E-state index in [2.05, 4.69) is 15.5 Å². The van der Waals surface area contributed by atoms with Gasteiger partial charge in [0.05, 0.1) is 6.61 Å². The van der Waals surface area contributed by atoms with Crippen LogP contribution in [0.5, 0.6) is 0 Å². The summed E-state index contributed by atoms with van der Waals surface area (Å²) in [5.41, 5.74) is 0. The molecule has 2 fully saturated rings. The van der Waals surface area contributed by atoms with Gasteiger partial charge in [-0.05, 0) is 12.8 Å². The molecule has 0 bridgehead atoms. The van der Waals surface area contributed by atoms with Gasteiger partial charge in [0.2, 0.25) is 11.8 Å². The van der Waals surface area contributed by atoms with Crippen molar-refractivity contribution in [2.45, 2.75) is 24.9 Å². The Morgan fingerprint density at radius 1 is 1.21 bits per heavy atom. The second-order valence-corrected chi connectivity index (χ2v) is 3.82. The number of nitrogens with zero attached hydrogens (tertiary/aromatic N) is 2. The highest BCUT2D eigenvalue weighted by atomic mass is 16.5. The molecule has 1 saturated heterocycles. The van der Waals surface area contributed by atoms with Crippen LogP contribution in [-0.2, 0) is 4.74 Å². The van der Waals surface area contributed by atoms with E-state index in [1.165, 1.54) is 12.8 Å². The second-order valence-electron chi connectivity index (χ2n) is 3.82. The largest absolute Gasteiger partial charge is 0.422 e. The van der Waals surface area contributed by atoms with Crippen LogP contribution < -0.4 is 5.32 Å². The third kappa shape index (κ3) is 1.53. The zero-order valence-corrected chi connectivity index (χ0v) is 7.90. The van der Waals surface area contributed by atoms with E-state index in [9.17, 15) is 0 Å². The quantitative estimate of drug-likeness (QED) is 0.749. The van der Waals surface area contributed by atoms with E-state index in [-0.39, 0.29) is 6.10 Å². The van der Waals surface area contributed by atoms with E-state index in [1.807, 2.05) is 0 Å². The van der Waals surface area contributed by atoms with Crippen LogP contribution in [0.25, 0.3) is 0 Å². The van der Waals surface area contributed by atoms with Gasteiger partial charge in [-0.25, -0.2) is 0 Å². The molecule has 0 unspecified atom stereocenters. The Kier molecular flexibility index (Phi) is 1.99. The van der Waals surface area contributed by atoms with Crippen LogP contribution in [0.1, 0.15) is 36.6 Å². The molecule has 2 aliphatic rings. The minimum absolute atomic E-state index is 0.0521. The molecule has 1 aliphatic carbocycles. The summed E-state index contributed by atoms with van der Waals surface area (Å²) in [4.78, 5) is 0. The highest BCUT2D eigenvalue weighted by molar-refractivity contribution is 5.01. The molecular formula is C9H13N3O2. The zero-order chi connectivity index (χ0) is 9.38. The van der Waals surface area contributed by atoms with Crippen molar-refractivity contribution in [3.05, 3.63) is 11.8 Å². The van der Waals surface area contributed by atoms with Gasteiger partial charge in [0.15, 0.2) is 0 Å². The molecule has 0 spiro atoms. The maximum Gasteiger partial charge on any atom is 0.246 e. The first-order valence-electron chi connectivity index (χ1n) is 5.09. The van der Waals surface area contributed by atoms with Gasteiger partial charge in [-0.1, -0.05) is 0 Å². The monoisotopic (exact) mass is 195 g/mol. The summed E-state index contributed by atoms with van der Waals surface area (Å²) in [5, 5.41) is 11.3. The van der Waals surface area contributed by atoms with Gasteiger partial charge < -0.3 is 14.5 Å². The minimum atomic E-state index is -0.0521. The summed E-state index contributed by atoms with van der Waals surface area (Å²) in [7, 11) is 0. The van der Waals surface area contributed by atoms with Gasteiger partial charge in [-0.15, -0.1) is 10.2 Å². The third-order valence-electron chi connectivity index (χ3n) is 2.59. The maximum atomic E-state index is 5.56. The first kappa shape index (κ1) is 8.38. The van der Waals surface area contributed by atoms with Crippen molar-refractivity contribution in [1.82, 2.24) is 15.5 Å². The molecule has 5 nitrogen and oxygen atoms in total. The Balaban J connectivity index is 1.74. The summed E-state index contributed by atoms with van der Waals surface area (Å²) in [6.45, 7) is 2.39. The molecule has 1 saturated carbocycles. The van der Waals surface area contributed by atoms with Crippen LogP contribution in [0.3, 0.4) is 0 Å². The molecule has 1 aromatic heterocycles. The van der Waals surface area contributed by atoms with Gasteiger partial charge >= 0.3 is 0 Å². The van der Waals surface area contributed by atoms with Gasteiger partial charge in [0.1, 0.15) is 6.10 Å². The Labute approximate surface area is 81.8 Å². The van der Waals surface area contributed by atoms with Crippen molar-refractivity contribution in [3.8, 4) is 0 Å². The predicted octanol–water partition coefficient (Wildman–Crippen LogP) is 0.608. The topological polar surface area (TPSA) is 60.2 Å². The van der Waals surface area contributed by atoms with Crippen LogP contribution in [-0.4, -0.2) is 29.9 Å². The van der Waals surface area contributed by atoms with E-state index >= 15 is 0 Å². The van der Waals surface area contributed by atoms with E-state index < -0.39 is 0 Å². The lowest BCUT2D eigenvalue weighted by atomic mass is 10.3. The smallest absolute Gasteiger partial charge is 0.246 e. The van der Waals surface area contributed by atoms with E-state index in [1.54, 1.807) is 0 Å². The van der Waals surface area contributed by atoms with Gasteiger partial charge in [-0.2, -0.15) is 0 Å². The minimum Gasteiger partial charge on any atom is -0.422 e. The first-order valence-corrected chi connectivity index (χ1v) is 5.09. The zero-order valence-electron chi connectivity index (χ0n) is 7.90. The molecule has 1 atom stereocenters. The van der Waals surface area contributed by atoms with Crippen LogP contribution in [0.2, 0.25) is 0 Å². The van der Waals surface area contributed by atoms with Crippen LogP contribution in [0.15, 0.2) is 4.42 Å². The first-order chi connectivity index (χ1) is 6.93. The fourth-order valence-electron chi connectivity index (χ4n) is 1.60. The molecule has 2 heterocycles.